The second kappa shape index (κ2) is 13.1. The topological polar surface area (TPSA) is 94.6 Å². The first-order chi connectivity index (χ1) is 19.1. The number of carbonyl (C=O) groups excluding carboxylic acids is 1. The standard InChI is InChI=1S/C31H31N3O5/c1-4-26(37-3)28(38-5-2)18-10-11-20-34-25-17-9-8-16-24(25)30(31(34)36)33-32-29(35)21-39-27-19-12-14-22-13-6-7-15-23(22)27/h4,6-10,12-19,36H,1,5,11,20-21H2,2-3H3/b18-10-,28-26-,33-32?. The zero-order chi connectivity index (χ0) is 27.6. The summed E-state index contributed by atoms with van der Waals surface area (Å²) in [5.74, 6) is 1.08. The molecule has 1 amide bonds. The van der Waals surface area contributed by atoms with E-state index >= 15 is 0 Å². The molecule has 1 N–H and O–H groups in total. The van der Waals surface area contributed by atoms with Gasteiger partial charge in [-0.25, -0.2) is 0 Å². The van der Waals surface area contributed by atoms with Crippen molar-refractivity contribution in [1.29, 1.82) is 0 Å². The van der Waals surface area contributed by atoms with Crippen molar-refractivity contribution in [3.05, 3.63) is 103 Å². The number of nitrogens with zero attached hydrogens (tertiary/aromatic N) is 3. The minimum absolute atomic E-state index is 0.0691. The molecule has 4 rings (SSSR count). The second-order valence-electron chi connectivity index (χ2n) is 8.46. The van der Waals surface area contributed by atoms with Crippen molar-refractivity contribution in [2.75, 3.05) is 20.3 Å². The monoisotopic (exact) mass is 525 g/mol. The van der Waals surface area contributed by atoms with Crippen LogP contribution in [0, 0.1) is 0 Å². The van der Waals surface area contributed by atoms with E-state index in [9.17, 15) is 9.90 Å². The largest absolute Gasteiger partial charge is 0.493 e. The number of para-hydroxylation sites is 1. The molecule has 0 aliphatic rings. The fourth-order valence-corrected chi connectivity index (χ4v) is 4.23. The average molecular weight is 526 g/mol. The Morgan fingerprint density at radius 1 is 1.03 bits per heavy atom. The summed E-state index contributed by atoms with van der Waals surface area (Å²) in [7, 11) is 1.56. The van der Waals surface area contributed by atoms with E-state index < -0.39 is 5.91 Å². The van der Waals surface area contributed by atoms with Crippen LogP contribution in [0.5, 0.6) is 11.6 Å². The molecule has 0 atom stereocenters. The minimum Gasteiger partial charge on any atom is -0.493 e. The van der Waals surface area contributed by atoms with E-state index in [2.05, 4.69) is 16.8 Å². The van der Waals surface area contributed by atoms with Gasteiger partial charge in [0.2, 0.25) is 5.88 Å². The highest BCUT2D eigenvalue weighted by atomic mass is 16.5. The lowest BCUT2D eigenvalue weighted by molar-refractivity contribution is -0.120. The minimum atomic E-state index is -0.562. The number of benzene rings is 3. The van der Waals surface area contributed by atoms with E-state index in [1.807, 2.05) is 79.7 Å². The Kier molecular flexibility index (Phi) is 9.13. The van der Waals surface area contributed by atoms with Crippen molar-refractivity contribution < 1.29 is 24.1 Å². The maximum absolute atomic E-state index is 12.5. The number of allylic oxidation sites excluding steroid dienone is 3. The van der Waals surface area contributed by atoms with Gasteiger partial charge in [-0.15, -0.1) is 10.2 Å². The Morgan fingerprint density at radius 3 is 2.54 bits per heavy atom. The summed E-state index contributed by atoms with van der Waals surface area (Å²) in [6, 6.07) is 20.9. The number of amides is 1. The van der Waals surface area contributed by atoms with Crippen molar-refractivity contribution in [3.63, 3.8) is 0 Å². The number of azo groups is 1. The van der Waals surface area contributed by atoms with Gasteiger partial charge in [-0.1, -0.05) is 67.3 Å². The zero-order valence-corrected chi connectivity index (χ0v) is 22.0. The van der Waals surface area contributed by atoms with Crippen LogP contribution < -0.4 is 4.74 Å². The first-order valence-corrected chi connectivity index (χ1v) is 12.6. The van der Waals surface area contributed by atoms with Gasteiger partial charge in [-0.2, -0.15) is 0 Å². The number of aromatic nitrogens is 1. The summed E-state index contributed by atoms with van der Waals surface area (Å²) in [6.45, 7) is 6.32. The summed E-state index contributed by atoms with van der Waals surface area (Å²) in [6.07, 6.45) is 5.93. The summed E-state index contributed by atoms with van der Waals surface area (Å²) in [5, 5.41) is 21.5. The van der Waals surface area contributed by atoms with Crippen LogP contribution in [0.3, 0.4) is 0 Å². The number of fused-ring (bicyclic) bond motifs is 2. The summed E-state index contributed by atoms with van der Waals surface area (Å²) in [5.41, 5.74) is 1.01. The van der Waals surface area contributed by atoms with E-state index in [1.165, 1.54) is 0 Å². The van der Waals surface area contributed by atoms with Crippen LogP contribution >= 0.6 is 0 Å². The Balaban J connectivity index is 1.48. The predicted octanol–water partition coefficient (Wildman–Crippen LogP) is 7.22. The SMILES string of the molecule is C=C/C(OC)=C(\C=C/CCn1c(O)c(N=NC(=O)COc2cccc3ccccc23)c2ccccc21)OCC. The molecule has 39 heavy (non-hydrogen) atoms. The third-order valence-electron chi connectivity index (χ3n) is 6.02. The molecular weight excluding hydrogens is 494 g/mol. The maximum atomic E-state index is 12.5. The fraction of sp³-hybridized carbons (Fsp3) is 0.194. The van der Waals surface area contributed by atoms with Crippen molar-refractivity contribution in [3.8, 4) is 11.6 Å². The predicted molar refractivity (Wildman–Crippen MR) is 152 cm³/mol. The molecule has 3 aromatic carbocycles. The molecule has 0 saturated heterocycles. The molecule has 0 fully saturated rings. The van der Waals surface area contributed by atoms with Gasteiger partial charge in [0, 0.05) is 17.3 Å². The molecule has 0 aliphatic heterocycles. The molecule has 4 aromatic rings. The molecular formula is C31H31N3O5. The molecule has 0 saturated carbocycles. The third kappa shape index (κ3) is 6.35. The van der Waals surface area contributed by atoms with E-state index in [0.29, 0.717) is 42.2 Å². The number of aryl methyl sites for hydroxylation is 1. The van der Waals surface area contributed by atoms with Crippen molar-refractivity contribution >= 4 is 33.3 Å². The van der Waals surface area contributed by atoms with Crippen LogP contribution in [0.4, 0.5) is 5.69 Å². The summed E-state index contributed by atoms with van der Waals surface area (Å²) in [4.78, 5) is 12.5. The molecule has 200 valence electrons. The van der Waals surface area contributed by atoms with Gasteiger partial charge < -0.3 is 23.9 Å². The summed E-state index contributed by atoms with van der Waals surface area (Å²) >= 11 is 0. The molecule has 8 nitrogen and oxygen atoms in total. The Hall–Kier alpha value is -4.85. The van der Waals surface area contributed by atoms with Crippen LogP contribution in [0.25, 0.3) is 21.7 Å². The van der Waals surface area contributed by atoms with Gasteiger partial charge in [0.05, 0.1) is 19.2 Å². The number of rotatable bonds is 12. The van der Waals surface area contributed by atoms with Crippen LogP contribution in [-0.4, -0.2) is 35.9 Å². The van der Waals surface area contributed by atoms with Crippen LogP contribution in [-0.2, 0) is 20.8 Å². The molecule has 0 aliphatic carbocycles. The van der Waals surface area contributed by atoms with Gasteiger partial charge >= 0.3 is 5.91 Å². The van der Waals surface area contributed by atoms with Crippen molar-refractivity contribution in [2.24, 2.45) is 10.2 Å². The van der Waals surface area contributed by atoms with E-state index in [-0.39, 0.29) is 18.2 Å². The smallest absolute Gasteiger partial charge is 0.302 e. The fourth-order valence-electron chi connectivity index (χ4n) is 4.23. The molecule has 0 spiro atoms. The second-order valence-corrected chi connectivity index (χ2v) is 8.46. The van der Waals surface area contributed by atoms with Gasteiger partial charge in [-0.05, 0) is 43.0 Å². The zero-order valence-electron chi connectivity index (χ0n) is 22.0. The Labute approximate surface area is 227 Å². The van der Waals surface area contributed by atoms with E-state index in [0.717, 1.165) is 16.3 Å². The normalized spacial score (nSPS) is 12.3. The third-order valence-corrected chi connectivity index (χ3v) is 6.02. The molecule has 8 heteroatoms. The number of hydrogen-bond donors (Lipinski definition) is 1. The highest BCUT2D eigenvalue weighted by Crippen LogP contribution is 2.39. The van der Waals surface area contributed by atoms with Crippen LogP contribution in [0.2, 0.25) is 0 Å². The summed E-state index contributed by atoms with van der Waals surface area (Å²) < 4.78 is 18.4. The molecule has 0 radical (unpaired) electrons. The lowest BCUT2D eigenvalue weighted by Gasteiger charge is -2.09. The Morgan fingerprint density at radius 2 is 1.77 bits per heavy atom. The first-order valence-electron chi connectivity index (χ1n) is 12.6. The van der Waals surface area contributed by atoms with Gasteiger partial charge in [-0.3, -0.25) is 4.79 Å². The maximum Gasteiger partial charge on any atom is 0.302 e. The number of carbonyl (C=O) groups is 1. The number of methoxy groups -OCH3 is 1. The lowest BCUT2D eigenvalue weighted by Crippen LogP contribution is -2.08. The molecule has 1 aromatic heterocycles. The number of aromatic hydroxyl groups is 1. The molecule has 1 heterocycles. The lowest BCUT2D eigenvalue weighted by atomic mass is 10.1. The van der Waals surface area contributed by atoms with Gasteiger partial charge in [0.15, 0.2) is 23.8 Å². The molecule has 0 bridgehead atoms. The van der Waals surface area contributed by atoms with Gasteiger partial charge in [0.1, 0.15) is 5.75 Å². The van der Waals surface area contributed by atoms with Crippen molar-refractivity contribution in [2.45, 2.75) is 19.9 Å². The van der Waals surface area contributed by atoms with Crippen LogP contribution in [0.1, 0.15) is 13.3 Å². The average Bonchev–Trinajstić information content (AvgIpc) is 3.23. The number of hydrogen-bond acceptors (Lipinski definition) is 6. The number of ether oxygens (including phenoxy) is 3. The van der Waals surface area contributed by atoms with Crippen LogP contribution in [0.15, 0.2) is 113 Å². The Bertz CT molecular complexity index is 1560. The van der Waals surface area contributed by atoms with Crippen molar-refractivity contribution in [1.82, 2.24) is 4.57 Å². The van der Waals surface area contributed by atoms with Gasteiger partial charge in [0.25, 0.3) is 0 Å². The van der Waals surface area contributed by atoms with E-state index in [4.69, 9.17) is 14.2 Å². The highest BCUT2D eigenvalue weighted by molar-refractivity contribution is 5.95. The quantitative estimate of drug-likeness (QED) is 0.120. The first kappa shape index (κ1) is 27.2. The molecule has 0 unspecified atom stereocenters. The highest BCUT2D eigenvalue weighted by Gasteiger charge is 2.16. The van der Waals surface area contributed by atoms with E-state index in [1.54, 1.807) is 23.8 Å².